The maximum atomic E-state index is 13.7. The number of rotatable bonds is 6. The van der Waals surface area contributed by atoms with E-state index in [1.165, 1.54) is 12.1 Å². The summed E-state index contributed by atoms with van der Waals surface area (Å²) < 4.78 is 19.2. The minimum atomic E-state index is -0.802. The van der Waals surface area contributed by atoms with Crippen molar-refractivity contribution < 1.29 is 23.8 Å². The van der Waals surface area contributed by atoms with E-state index in [1.807, 2.05) is 6.92 Å². The van der Waals surface area contributed by atoms with E-state index >= 15 is 0 Å². The Kier molecular flexibility index (Phi) is 5.96. The van der Waals surface area contributed by atoms with E-state index in [0.29, 0.717) is 32.4 Å². The van der Waals surface area contributed by atoms with Gasteiger partial charge in [-0.05, 0) is 37.3 Å². The lowest BCUT2D eigenvalue weighted by atomic mass is 9.93. The number of hydrogen-bond donors (Lipinski definition) is 1. The van der Waals surface area contributed by atoms with Crippen LogP contribution in [0.1, 0.15) is 32.6 Å². The van der Waals surface area contributed by atoms with Crippen LogP contribution in [-0.2, 0) is 9.59 Å². The van der Waals surface area contributed by atoms with Gasteiger partial charge >= 0.3 is 5.97 Å². The number of carboxylic acids is 1. The van der Waals surface area contributed by atoms with Gasteiger partial charge in [0.2, 0.25) is 0 Å². The lowest BCUT2D eigenvalue weighted by molar-refractivity contribution is -0.141. The Balaban J connectivity index is 1.93. The minimum absolute atomic E-state index is 0.0773. The molecule has 0 aromatic heterocycles. The molecule has 1 fully saturated rings. The summed E-state index contributed by atoms with van der Waals surface area (Å²) >= 11 is 0. The third kappa shape index (κ3) is 4.68. The van der Waals surface area contributed by atoms with Crippen LogP contribution >= 0.6 is 0 Å². The summed E-state index contributed by atoms with van der Waals surface area (Å²) in [4.78, 5) is 25.0. The molecule has 126 valence electrons. The van der Waals surface area contributed by atoms with Crippen molar-refractivity contribution in [2.75, 3.05) is 13.1 Å². The summed E-state index contributed by atoms with van der Waals surface area (Å²) in [6, 6.07) is 6.03. The number of hydrogen-bond acceptors (Lipinski definition) is 3. The third-order valence-electron chi connectivity index (χ3n) is 4.14. The van der Waals surface area contributed by atoms with Gasteiger partial charge in [-0.25, -0.2) is 4.39 Å². The Labute approximate surface area is 135 Å². The Morgan fingerprint density at radius 2 is 2.00 bits per heavy atom. The van der Waals surface area contributed by atoms with Crippen molar-refractivity contribution in [2.45, 2.75) is 38.7 Å². The van der Waals surface area contributed by atoms with Gasteiger partial charge < -0.3 is 14.7 Å². The van der Waals surface area contributed by atoms with Crippen molar-refractivity contribution in [3.05, 3.63) is 30.1 Å². The van der Waals surface area contributed by atoms with Crippen LogP contribution in [0.3, 0.4) is 0 Å². The molecule has 0 radical (unpaired) electrons. The second-order valence-electron chi connectivity index (χ2n) is 5.81. The van der Waals surface area contributed by atoms with Crippen LogP contribution in [0.2, 0.25) is 0 Å². The van der Waals surface area contributed by atoms with Crippen LogP contribution in [0.4, 0.5) is 4.39 Å². The fourth-order valence-corrected chi connectivity index (χ4v) is 2.81. The second kappa shape index (κ2) is 7.94. The summed E-state index contributed by atoms with van der Waals surface area (Å²) in [5.41, 5.74) is 0. The predicted octanol–water partition coefficient (Wildman–Crippen LogP) is 2.70. The first-order valence-electron chi connectivity index (χ1n) is 7.93. The van der Waals surface area contributed by atoms with E-state index in [2.05, 4.69) is 0 Å². The molecule has 1 amide bonds. The number of carbonyl (C=O) groups excluding carboxylic acids is 1. The van der Waals surface area contributed by atoms with E-state index in [4.69, 9.17) is 9.84 Å². The summed E-state index contributed by atoms with van der Waals surface area (Å²) in [5.74, 6) is -1.26. The van der Waals surface area contributed by atoms with Crippen molar-refractivity contribution in [3.63, 3.8) is 0 Å². The molecule has 1 aromatic carbocycles. The number of piperidine rings is 1. The summed E-state index contributed by atoms with van der Waals surface area (Å²) in [6.07, 6.45) is 1.22. The molecule has 23 heavy (non-hydrogen) atoms. The molecular weight excluding hydrogens is 301 g/mol. The third-order valence-corrected chi connectivity index (χ3v) is 4.14. The van der Waals surface area contributed by atoms with Crippen LogP contribution in [0, 0.1) is 11.7 Å². The molecule has 1 heterocycles. The highest BCUT2D eigenvalue weighted by molar-refractivity contribution is 5.81. The molecule has 1 atom stereocenters. The number of para-hydroxylation sites is 1. The highest BCUT2D eigenvalue weighted by Gasteiger charge is 2.29. The Hall–Kier alpha value is -2.11. The fourth-order valence-electron chi connectivity index (χ4n) is 2.81. The van der Waals surface area contributed by atoms with Gasteiger partial charge in [0, 0.05) is 19.5 Å². The van der Waals surface area contributed by atoms with Gasteiger partial charge in [-0.15, -0.1) is 0 Å². The monoisotopic (exact) mass is 323 g/mol. The van der Waals surface area contributed by atoms with Gasteiger partial charge in [-0.1, -0.05) is 19.1 Å². The molecule has 1 saturated heterocycles. The number of benzene rings is 1. The van der Waals surface area contributed by atoms with Gasteiger partial charge in [-0.2, -0.15) is 0 Å². The maximum Gasteiger partial charge on any atom is 0.303 e. The normalized spacial score (nSPS) is 16.9. The van der Waals surface area contributed by atoms with Crippen LogP contribution in [0.15, 0.2) is 24.3 Å². The molecule has 1 aliphatic rings. The summed E-state index contributed by atoms with van der Waals surface area (Å²) in [5, 5.41) is 8.82. The lowest BCUT2D eigenvalue weighted by Crippen LogP contribution is -2.45. The average Bonchev–Trinajstić information content (AvgIpc) is 2.54. The number of aliphatic carboxylic acids is 1. The quantitative estimate of drug-likeness (QED) is 0.874. The second-order valence-corrected chi connectivity index (χ2v) is 5.81. The molecule has 0 bridgehead atoms. The van der Waals surface area contributed by atoms with Gasteiger partial charge in [0.05, 0.1) is 0 Å². The zero-order valence-corrected chi connectivity index (χ0v) is 13.2. The fraction of sp³-hybridized carbons (Fsp3) is 0.529. The maximum absolute atomic E-state index is 13.7. The molecule has 1 aromatic rings. The molecule has 1 aliphatic heterocycles. The first kappa shape index (κ1) is 17.2. The molecule has 0 spiro atoms. The lowest BCUT2D eigenvalue weighted by Gasteiger charge is -2.33. The van der Waals surface area contributed by atoms with Gasteiger partial charge in [0.15, 0.2) is 17.7 Å². The van der Waals surface area contributed by atoms with Gasteiger partial charge in [0.25, 0.3) is 5.91 Å². The predicted molar refractivity (Wildman–Crippen MR) is 82.7 cm³/mol. The SMILES string of the molecule is CCC(Oc1ccccc1F)C(=O)N1CCC(CC(=O)O)CC1. The van der Waals surface area contributed by atoms with E-state index in [1.54, 1.807) is 17.0 Å². The Morgan fingerprint density at radius 1 is 1.35 bits per heavy atom. The van der Waals surface area contributed by atoms with E-state index < -0.39 is 17.9 Å². The van der Waals surface area contributed by atoms with Crippen molar-refractivity contribution >= 4 is 11.9 Å². The van der Waals surface area contributed by atoms with Crippen molar-refractivity contribution in [1.29, 1.82) is 0 Å². The van der Waals surface area contributed by atoms with Gasteiger partial charge in [0.1, 0.15) is 0 Å². The number of carboxylic acid groups (broad SMARTS) is 1. The number of nitrogens with zero attached hydrogens (tertiary/aromatic N) is 1. The molecule has 5 nitrogen and oxygen atoms in total. The summed E-state index contributed by atoms with van der Waals surface area (Å²) in [7, 11) is 0. The zero-order chi connectivity index (χ0) is 16.8. The Morgan fingerprint density at radius 3 is 2.57 bits per heavy atom. The van der Waals surface area contributed by atoms with Crippen LogP contribution < -0.4 is 4.74 Å². The van der Waals surface area contributed by atoms with Crippen molar-refractivity contribution in [2.24, 2.45) is 5.92 Å². The van der Waals surface area contributed by atoms with Crippen LogP contribution in [0.25, 0.3) is 0 Å². The molecular formula is C17H22FNO4. The van der Waals surface area contributed by atoms with E-state index in [0.717, 1.165) is 0 Å². The highest BCUT2D eigenvalue weighted by atomic mass is 19.1. The first-order valence-corrected chi connectivity index (χ1v) is 7.93. The smallest absolute Gasteiger partial charge is 0.303 e. The average molecular weight is 323 g/mol. The topological polar surface area (TPSA) is 66.8 Å². The van der Waals surface area contributed by atoms with Crippen LogP contribution in [0.5, 0.6) is 5.75 Å². The Bertz CT molecular complexity index is 555. The number of carbonyl (C=O) groups is 2. The molecule has 2 rings (SSSR count). The number of ether oxygens (including phenoxy) is 1. The molecule has 1 unspecified atom stereocenters. The first-order chi connectivity index (χ1) is 11.0. The largest absolute Gasteiger partial charge is 0.481 e. The number of amides is 1. The molecule has 1 N–H and O–H groups in total. The number of halogens is 1. The van der Waals surface area contributed by atoms with Crippen molar-refractivity contribution in [1.82, 2.24) is 4.90 Å². The van der Waals surface area contributed by atoms with Crippen molar-refractivity contribution in [3.8, 4) is 5.75 Å². The van der Waals surface area contributed by atoms with Gasteiger partial charge in [-0.3, -0.25) is 9.59 Å². The summed E-state index contributed by atoms with van der Waals surface area (Å²) in [6.45, 7) is 2.86. The number of likely N-dealkylation sites (tertiary alicyclic amines) is 1. The molecule has 0 aliphatic carbocycles. The highest BCUT2D eigenvalue weighted by Crippen LogP contribution is 2.23. The van der Waals surface area contributed by atoms with E-state index in [9.17, 15) is 14.0 Å². The molecule has 6 heteroatoms. The zero-order valence-electron chi connectivity index (χ0n) is 13.2. The van der Waals surface area contributed by atoms with Crippen LogP contribution in [-0.4, -0.2) is 41.1 Å². The molecule has 0 saturated carbocycles. The van der Waals surface area contributed by atoms with E-state index in [-0.39, 0.29) is 24.0 Å². The minimum Gasteiger partial charge on any atom is -0.481 e. The standard InChI is InChI=1S/C17H22FNO4/c1-2-14(23-15-6-4-3-5-13(15)18)17(22)19-9-7-12(8-10-19)11-16(20)21/h3-6,12,14H,2,7-11H2,1H3,(H,20,21).